The van der Waals surface area contributed by atoms with Crippen molar-refractivity contribution in [2.45, 2.75) is 12.5 Å². The number of cyclic esters (lactones) is 1. The molecular formula is C17H18N2O2. The molecule has 4 heteroatoms. The first kappa shape index (κ1) is 13.6. The van der Waals surface area contributed by atoms with E-state index in [0.717, 1.165) is 12.0 Å². The lowest BCUT2D eigenvalue weighted by molar-refractivity contribution is 0.138. The number of hydrazine groups is 1. The normalized spacial score (nSPS) is 16.0. The van der Waals surface area contributed by atoms with Gasteiger partial charge in [-0.05, 0) is 28.8 Å². The Balaban J connectivity index is 1.87. The maximum Gasteiger partial charge on any atom is 0.424 e. The van der Waals surface area contributed by atoms with Crippen LogP contribution in [0.2, 0.25) is 0 Å². The standard InChI is InChI=1S/C17H18N2O2/c1-2-5-16(18-19-10-11-21-17(19)20)15-9-8-13-6-3-4-7-14(13)12-15/h2-4,6-9,12,16,18H,1,5,10-11H2/t16-/m0/s1. The molecule has 0 unspecified atom stereocenters. The molecule has 1 saturated heterocycles. The summed E-state index contributed by atoms with van der Waals surface area (Å²) < 4.78 is 4.95. The molecule has 2 aromatic rings. The Morgan fingerprint density at radius 2 is 2.10 bits per heavy atom. The molecule has 1 aliphatic heterocycles. The molecule has 21 heavy (non-hydrogen) atoms. The van der Waals surface area contributed by atoms with Crippen molar-refractivity contribution in [3.05, 3.63) is 60.7 Å². The Morgan fingerprint density at radius 1 is 1.29 bits per heavy atom. The Hall–Kier alpha value is -2.33. The van der Waals surface area contributed by atoms with Gasteiger partial charge in [0.05, 0.1) is 12.6 Å². The largest absolute Gasteiger partial charge is 0.447 e. The second-order valence-electron chi connectivity index (χ2n) is 5.08. The van der Waals surface area contributed by atoms with Crippen LogP contribution >= 0.6 is 0 Å². The summed E-state index contributed by atoms with van der Waals surface area (Å²) in [4.78, 5) is 11.6. The molecular weight excluding hydrogens is 264 g/mol. The number of carbonyl (C=O) groups is 1. The van der Waals surface area contributed by atoms with Crippen LogP contribution in [0.25, 0.3) is 10.8 Å². The molecule has 0 aromatic heterocycles. The molecule has 2 aromatic carbocycles. The molecule has 0 bridgehead atoms. The molecule has 0 radical (unpaired) electrons. The predicted molar refractivity (Wildman–Crippen MR) is 82.7 cm³/mol. The van der Waals surface area contributed by atoms with E-state index in [1.54, 1.807) is 0 Å². The van der Waals surface area contributed by atoms with Gasteiger partial charge in [-0.3, -0.25) is 0 Å². The Morgan fingerprint density at radius 3 is 2.81 bits per heavy atom. The molecule has 1 atom stereocenters. The highest BCUT2D eigenvalue weighted by atomic mass is 16.6. The number of hydrogen-bond acceptors (Lipinski definition) is 3. The fourth-order valence-corrected chi connectivity index (χ4v) is 2.55. The lowest BCUT2D eigenvalue weighted by Gasteiger charge is -2.23. The number of rotatable bonds is 5. The van der Waals surface area contributed by atoms with Crippen LogP contribution in [0, 0.1) is 0 Å². The van der Waals surface area contributed by atoms with Crippen molar-refractivity contribution >= 4 is 16.9 Å². The molecule has 1 fully saturated rings. The molecule has 4 nitrogen and oxygen atoms in total. The first-order valence-electron chi connectivity index (χ1n) is 7.08. The summed E-state index contributed by atoms with van der Waals surface area (Å²) in [6.07, 6.45) is 2.28. The average molecular weight is 282 g/mol. The van der Waals surface area contributed by atoms with Crippen LogP contribution in [0.4, 0.5) is 4.79 Å². The van der Waals surface area contributed by atoms with Crippen LogP contribution in [0.15, 0.2) is 55.1 Å². The average Bonchev–Trinajstić information content (AvgIpc) is 2.91. The van der Waals surface area contributed by atoms with Gasteiger partial charge in [0.2, 0.25) is 0 Å². The van der Waals surface area contributed by atoms with Crippen molar-refractivity contribution in [2.75, 3.05) is 13.2 Å². The van der Waals surface area contributed by atoms with Crippen LogP contribution in [0.1, 0.15) is 18.0 Å². The summed E-state index contributed by atoms with van der Waals surface area (Å²) in [5, 5.41) is 3.93. The number of benzene rings is 2. The van der Waals surface area contributed by atoms with E-state index in [4.69, 9.17) is 4.74 Å². The van der Waals surface area contributed by atoms with Crippen LogP contribution in [-0.2, 0) is 4.74 Å². The molecule has 1 aliphatic rings. The molecule has 1 N–H and O–H groups in total. The van der Waals surface area contributed by atoms with Gasteiger partial charge < -0.3 is 4.74 Å². The highest BCUT2D eigenvalue weighted by Gasteiger charge is 2.25. The van der Waals surface area contributed by atoms with Crippen molar-refractivity contribution < 1.29 is 9.53 Å². The van der Waals surface area contributed by atoms with Crippen LogP contribution < -0.4 is 5.43 Å². The summed E-state index contributed by atoms with van der Waals surface area (Å²) >= 11 is 0. The molecule has 0 spiro atoms. The van der Waals surface area contributed by atoms with Crippen molar-refractivity contribution in [3.63, 3.8) is 0 Å². The van der Waals surface area contributed by atoms with E-state index in [-0.39, 0.29) is 12.1 Å². The topological polar surface area (TPSA) is 41.6 Å². The van der Waals surface area contributed by atoms with E-state index < -0.39 is 0 Å². The summed E-state index contributed by atoms with van der Waals surface area (Å²) in [7, 11) is 0. The first-order chi connectivity index (χ1) is 10.3. The minimum absolute atomic E-state index is 0.0118. The number of nitrogens with zero attached hydrogens (tertiary/aromatic N) is 1. The summed E-state index contributed by atoms with van der Waals surface area (Å²) in [6.45, 7) is 4.81. The molecule has 0 saturated carbocycles. The van der Waals surface area contributed by atoms with Crippen molar-refractivity contribution in [3.8, 4) is 0 Å². The minimum atomic E-state index is -0.315. The maximum absolute atomic E-state index is 11.6. The predicted octanol–water partition coefficient (Wildman–Crippen LogP) is 3.41. The quantitative estimate of drug-likeness (QED) is 0.854. The first-order valence-corrected chi connectivity index (χ1v) is 7.08. The van der Waals surface area contributed by atoms with E-state index in [2.05, 4.69) is 42.3 Å². The van der Waals surface area contributed by atoms with Gasteiger partial charge in [0.25, 0.3) is 0 Å². The molecule has 3 rings (SSSR count). The molecule has 1 heterocycles. The second kappa shape index (κ2) is 5.97. The fraction of sp³-hybridized carbons (Fsp3) is 0.235. The van der Waals surface area contributed by atoms with Gasteiger partial charge in [-0.25, -0.2) is 15.2 Å². The van der Waals surface area contributed by atoms with Crippen molar-refractivity contribution in [2.24, 2.45) is 0 Å². The van der Waals surface area contributed by atoms with Gasteiger partial charge in [0.15, 0.2) is 0 Å². The highest BCUT2D eigenvalue weighted by Crippen LogP contribution is 2.23. The van der Waals surface area contributed by atoms with Gasteiger partial charge in [0.1, 0.15) is 6.61 Å². The fourth-order valence-electron chi connectivity index (χ4n) is 2.55. The van der Waals surface area contributed by atoms with E-state index in [1.165, 1.54) is 15.8 Å². The third-order valence-electron chi connectivity index (χ3n) is 3.65. The smallest absolute Gasteiger partial charge is 0.424 e. The van der Waals surface area contributed by atoms with E-state index in [1.807, 2.05) is 18.2 Å². The maximum atomic E-state index is 11.6. The van der Waals surface area contributed by atoms with Gasteiger partial charge in [-0.15, -0.1) is 6.58 Å². The van der Waals surface area contributed by atoms with Gasteiger partial charge in [-0.1, -0.05) is 42.5 Å². The molecule has 0 aliphatic carbocycles. The van der Waals surface area contributed by atoms with E-state index in [0.29, 0.717) is 13.2 Å². The molecule has 108 valence electrons. The van der Waals surface area contributed by atoms with Crippen molar-refractivity contribution in [1.29, 1.82) is 0 Å². The Kier molecular flexibility index (Phi) is 3.88. The molecule has 1 amide bonds. The number of fused-ring (bicyclic) bond motifs is 1. The van der Waals surface area contributed by atoms with E-state index in [9.17, 15) is 4.79 Å². The van der Waals surface area contributed by atoms with Gasteiger partial charge in [0, 0.05) is 0 Å². The van der Waals surface area contributed by atoms with Crippen molar-refractivity contribution in [1.82, 2.24) is 10.4 Å². The summed E-state index contributed by atoms with van der Waals surface area (Å²) in [5.74, 6) is 0. The van der Waals surface area contributed by atoms with Gasteiger partial charge in [-0.2, -0.15) is 0 Å². The van der Waals surface area contributed by atoms with Crippen LogP contribution in [0.5, 0.6) is 0 Å². The van der Waals surface area contributed by atoms with Gasteiger partial charge >= 0.3 is 6.09 Å². The number of nitrogens with one attached hydrogen (secondary N) is 1. The third kappa shape index (κ3) is 2.90. The zero-order valence-electron chi connectivity index (χ0n) is 11.8. The zero-order chi connectivity index (χ0) is 14.7. The van der Waals surface area contributed by atoms with Crippen LogP contribution in [0.3, 0.4) is 0 Å². The second-order valence-corrected chi connectivity index (χ2v) is 5.08. The monoisotopic (exact) mass is 282 g/mol. The number of hydrogen-bond donors (Lipinski definition) is 1. The zero-order valence-corrected chi connectivity index (χ0v) is 11.8. The lowest BCUT2D eigenvalue weighted by Crippen LogP contribution is -2.41. The summed E-state index contributed by atoms with van der Waals surface area (Å²) in [5.41, 5.74) is 4.37. The number of amides is 1. The number of carbonyl (C=O) groups excluding carboxylic acids is 1. The highest BCUT2D eigenvalue weighted by molar-refractivity contribution is 5.83. The van der Waals surface area contributed by atoms with Crippen LogP contribution in [-0.4, -0.2) is 24.3 Å². The number of ether oxygens (including phenoxy) is 1. The SMILES string of the molecule is C=CC[C@H](NN1CCOC1=O)c1ccc2ccccc2c1. The lowest BCUT2D eigenvalue weighted by atomic mass is 10.0. The third-order valence-corrected chi connectivity index (χ3v) is 3.65. The Bertz CT molecular complexity index is 669. The summed E-state index contributed by atoms with van der Waals surface area (Å²) in [6, 6.07) is 14.6. The minimum Gasteiger partial charge on any atom is -0.447 e. The van der Waals surface area contributed by atoms with E-state index >= 15 is 0 Å². The Labute approximate surface area is 124 Å².